The van der Waals surface area contributed by atoms with Crippen molar-refractivity contribution in [2.75, 3.05) is 13.2 Å². The van der Waals surface area contributed by atoms with Crippen LogP contribution < -0.4 is 0 Å². The Morgan fingerprint density at radius 2 is 1.12 bits per heavy atom. The fraction of sp³-hybridized carbons (Fsp3) is 0.833. The summed E-state index contributed by atoms with van der Waals surface area (Å²) in [6, 6.07) is 0. The number of carbonyl (C=O) groups is 2. The second-order valence-electron chi connectivity index (χ2n) is 5.96. The van der Waals surface area contributed by atoms with E-state index in [9.17, 15) is 28.9 Å². The molecule has 0 amide bonds. The van der Waals surface area contributed by atoms with Crippen molar-refractivity contribution >= 4 is 27.2 Å². The van der Waals surface area contributed by atoms with Gasteiger partial charge in [0.15, 0.2) is 12.4 Å². The van der Waals surface area contributed by atoms with Gasteiger partial charge in [-0.2, -0.15) is 0 Å². The maximum atomic E-state index is 11.3. The van der Waals surface area contributed by atoms with Gasteiger partial charge in [-0.15, -0.1) is 0 Å². The van der Waals surface area contributed by atoms with Crippen LogP contribution in [0, 0.1) is 0 Å². The van der Waals surface area contributed by atoms with E-state index < -0.39 is 83.0 Å². The lowest BCUT2D eigenvalue weighted by Gasteiger charge is -2.25. The molecule has 32 heavy (non-hydrogen) atoms. The van der Waals surface area contributed by atoms with Crippen molar-refractivity contribution < 1.29 is 88.8 Å². The Morgan fingerprint density at radius 1 is 0.750 bits per heavy atom. The molecule has 0 aliphatic carbocycles. The van der Waals surface area contributed by atoms with E-state index in [0.29, 0.717) is 0 Å². The summed E-state index contributed by atoms with van der Waals surface area (Å²) in [5.41, 5.74) is -2.21. The Morgan fingerprint density at radius 3 is 1.44 bits per heavy atom. The number of aliphatic hydroxyl groups excluding tert-OH is 10. The Hall–Kier alpha value is -0.760. The van der Waals surface area contributed by atoms with Crippen molar-refractivity contribution in [2.24, 2.45) is 0 Å². The first-order chi connectivity index (χ1) is 14.4. The van der Waals surface area contributed by atoms with Crippen LogP contribution in [0.1, 0.15) is 0 Å². The van der Waals surface area contributed by atoms with Crippen molar-refractivity contribution in [3.05, 3.63) is 0 Å². The van der Waals surface area contributed by atoms with Crippen LogP contribution in [0.4, 0.5) is 0 Å². The van der Waals surface area contributed by atoms with E-state index in [2.05, 4.69) is 4.31 Å². The second kappa shape index (κ2) is 14.5. The Balaban J connectivity index is 0. The van der Waals surface area contributed by atoms with Gasteiger partial charge in [-0.25, -0.2) is 8.88 Å². The van der Waals surface area contributed by atoms with E-state index in [1.54, 1.807) is 0 Å². The number of phosphoric acid groups is 1. The lowest BCUT2D eigenvalue weighted by atomic mass is 10.0. The van der Waals surface area contributed by atoms with Crippen molar-refractivity contribution in [2.45, 2.75) is 48.8 Å². The van der Waals surface area contributed by atoms with Gasteiger partial charge < -0.3 is 70.5 Å². The lowest BCUT2D eigenvalue weighted by Crippen LogP contribution is -2.48. The smallest absolute Gasteiger partial charge is 0.394 e. The number of carbonyl (C=O) groups excluding carboxylic acids is 2. The highest BCUT2D eigenvalue weighted by Gasteiger charge is 2.46. The molecule has 0 aromatic heterocycles. The van der Waals surface area contributed by atoms with E-state index >= 15 is 0 Å². The SMILES string of the molecule is O=C([C@H](O)[C@@H](O)[C@H](O)[C@H](O)CO)P(=O)(O)OP(=O)(O)O.O=C[C@H](O)[C@@H](O)[C@H](O)[C@H](O)CO. The number of aldehydes is 1. The van der Waals surface area contributed by atoms with Crippen LogP contribution in [0.15, 0.2) is 0 Å². The topological polar surface area (TPSA) is 341 Å². The van der Waals surface area contributed by atoms with Gasteiger partial charge in [0.25, 0.3) is 5.52 Å². The summed E-state index contributed by atoms with van der Waals surface area (Å²) in [4.78, 5) is 46.7. The van der Waals surface area contributed by atoms with Gasteiger partial charge in [-0.3, -0.25) is 9.36 Å². The molecule has 0 heterocycles. The molecule has 0 saturated heterocycles. The third kappa shape index (κ3) is 11.4. The van der Waals surface area contributed by atoms with Crippen molar-refractivity contribution in [3.63, 3.8) is 0 Å². The maximum absolute atomic E-state index is 11.3. The number of hydrogen-bond acceptors (Lipinski definition) is 15. The average molecular weight is 520 g/mol. The first-order valence-corrected chi connectivity index (χ1v) is 11.2. The van der Waals surface area contributed by atoms with Gasteiger partial charge in [0.05, 0.1) is 13.2 Å². The van der Waals surface area contributed by atoms with Gasteiger partial charge in [0, 0.05) is 0 Å². The minimum atomic E-state index is -5.66. The second-order valence-corrected chi connectivity index (χ2v) is 9.08. The fourth-order valence-electron chi connectivity index (χ4n) is 1.64. The van der Waals surface area contributed by atoms with Gasteiger partial charge >= 0.3 is 15.4 Å². The largest absolute Gasteiger partial charge is 0.477 e. The summed E-state index contributed by atoms with van der Waals surface area (Å²) in [5.74, 6) is 0. The molecule has 0 aromatic rings. The fourth-order valence-corrected chi connectivity index (χ4v) is 3.60. The molecule has 0 rings (SSSR count). The van der Waals surface area contributed by atoms with Crippen LogP contribution in [0.2, 0.25) is 0 Å². The van der Waals surface area contributed by atoms with Crippen LogP contribution in [-0.4, -0.2) is 140 Å². The average Bonchev–Trinajstić information content (AvgIpc) is 2.72. The lowest BCUT2D eigenvalue weighted by molar-refractivity contribution is -0.141. The monoisotopic (exact) mass is 520 g/mol. The normalized spacial score (nSPS) is 21.4. The molecule has 0 fully saturated rings. The van der Waals surface area contributed by atoms with E-state index in [4.69, 9.17) is 55.5 Å². The molecule has 0 aromatic carbocycles. The summed E-state index contributed by atoms with van der Waals surface area (Å²) in [6.07, 6.45) is -16.4. The summed E-state index contributed by atoms with van der Waals surface area (Å²) in [7, 11) is -11.2. The summed E-state index contributed by atoms with van der Waals surface area (Å²) in [5, 5.41) is 88.6. The first-order valence-electron chi connectivity index (χ1n) is 8.13. The van der Waals surface area contributed by atoms with Gasteiger partial charge in [-0.1, -0.05) is 0 Å². The van der Waals surface area contributed by atoms with Crippen LogP contribution in [0.5, 0.6) is 0 Å². The van der Waals surface area contributed by atoms with Gasteiger partial charge in [-0.05, 0) is 0 Å². The standard InChI is InChI=1S/C6H14O12P2.C6H12O6/c7-1-2(8)3(9)4(10)5(11)6(12)19(13,14)18-20(15,16)17;7-1-3(9)5(11)6(12)4(10)2-8/h2-5,7-11H,1H2,(H,13,14)(H2,15,16,17);1,3-6,8-12H,2H2/t2-,3-,4+,5-;3-,4+,5+,6+/m10/s1. The van der Waals surface area contributed by atoms with E-state index in [0.717, 1.165) is 0 Å². The Labute approximate surface area is 179 Å². The summed E-state index contributed by atoms with van der Waals surface area (Å²) in [6.45, 7) is -1.82. The molecule has 0 saturated carbocycles. The first kappa shape index (κ1) is 33.4. The summed E-state index contributed by atoms with van der Waals surface area (Å²) < 4.78 is 24.8. The third-order valence-corrected chi connectivity index (χ3v) is 5.98. The zero-order chi connectivity index (χ0) is 26.0. The Kier molecular flexibility index (Phi) is 15.1. The highest BCUT2D eigenvalue weighted by Crippen LogP contribution is 2.58. The van der Waals surface area contributed by atoms with E-state index in [1.807, 2.05) is 0 Å². The van der Waals surface area contributed by atoms with Crippen LogP contribution in [-0.2, 0) is 23.0 Å². The molecule has 0 spiro atoms. The molecular weight excluding hydrogens is 494 g/mol. The predicted octanol–water partition coefficient (Wildman–Crippen LogP) is -7.14. The quantitative estimate of drug-likeness (QED) is 0.0791. The summed E-state index contributed by atoms with van der Waals surface area (Å²) >= 11 is 0. The highest BCUT2D eigenvalue weighted by atomic mass is 31.3. The molecular formula is C12H26O18P2. The van der Waals surface area contributed by atoms with Crippen molar-refractivity contribution in [3.8, 4) is 0 Å². The van der Waals surface area contributed by atoms with Crippen molar-refractivity contribution in [1.82, 2.24) is 0 Å². The molecule has 192 valence electrons. The molecule has 9 atom stereocenters. The van der Waals surface area contributed by atoms with Gasteiger partial charge in [0.2, 0.25) is 0 Å². The van der Waals surface area contributed by atoms with Crippen LogP contribution >= 0.6 is 15.4 Å². The van der Waals surface area contributed by atoms with Gasteiger partial charge in [0.1, 0.15) is 42.7 Å². The number of rotatable bonds is 13. The maximum Gasteiger partial charge on any atom is 0.477 e. The van der Waals surface area contributed by atoms with E-state index in [1.165, 1.54) is 0 Å². The highest BCUT2D eigenvalue weighted by molar-refractivity contribution is 7.76. The molecule has 1 unspecified atom stereocenters. The van der Waals surface area contributed by atoms with Crippen LogP contribution in [0.3, 0.4) is 0 Å². The zero-order valence-electron chi connectivity index (χ0n) is 15.9. The minimum absolute atomic E-state index is 0.0258. The molecule has 0 bridgehead atoms. The molecule has 0 radical (unpaired) electrons. The minimum Gasteiger partial charge on any atom is -0.394 e. The zero-order valence-corrected chi connectivity index (χ0v) is 17.6. The molecule has 18 nitrogen and oxygen atoms in total. The predicted molar refractivity (Wildman–Crippen MR) is 96.3 cm³/mol. The molecule has 20 heteroatoms. The number of aliphatic hydroxyl groups is 10. The molecule has 0 aliphatic rings. The number of hydrogen-bond donors (Lipinski definition) is 13. The van der Waals surface area contributed by atoms with E-state index in [-0.39, 0.29) is 6.29 Å². The van der Waals surface area contributed by atoms with Crippen molar-refractivity contribution in [1.29, 1.82) is 0 Å². The molecule has 13 N–H and O–H groups in total. The third-order valence-electron chi connectivity index (χ3n) is 3.42. The van der Waals surface area contributed by atoms with Crippen LogP contribution in [0.25, 0.3) is 0 Å². The molecule has 0 aliphatic heterocycles. The Bertz CT molecular complexity index is 666.